The summed E-state index contributed by atoms with van der Waals surface area (Å²) in [5.41, 5.74) is 1.17. The molecule has 3 heteroatoms. The van der Waals surface area contributed by atoms with Crippen LogP contribution in [0.1, 0.15) is 31.3 Å². The highest BCUT2D eigenvalue weighted by molar-refractivity contribution is 5.00. The molecule has 0 atom stereocenters. The van der Waals surface area contributed by atoms with E-state index in [1.807, 2.05) is 13.2 Å². The molecule has 0 radical (unpaired) electrons. The van der Waals surface area contributed by atoms with Crippen LogP contribution < -0.4 is 5.32 Å². The van der Waals surface area contributed by atoms with Crippen molar-refractivity contribution in [2.75, 3.05) is 7.05 Å². The summed E-state index contributed by atoms with van der Waals surface area (Å²) in [6.45, 7) is 3.07. The van der Waals surface area contributed by atoms with Gasteiger partial charge >= 0.3 is 0 Å². The topological polar surface area (TPSA) is 40.7 Å². The first-order valence-electron chi connectivity index (χ1n) is 4.54. The molecule has 2 N–H and O–H groups in total. The van der Waals surface area contributed by atoms with Gasteiger partial charge in [0.2, 0.25) is 0 Å². The minimum atomic E-state index is 0.874. The lowest BCUT2D eigenvalue weighted by atomic mass is 10.2. The van der Waals surface area contributed by atoms with Crippen molar-refractivity contribution in [3.8, 4) is 0 Å². The van der Waals surface area contributed by atoms with Gasteiger partial charge in [-0.3, -0.25) is 0 Å². The van der Waals surface area contributed by atoms with E-state index in [0.717, 1.165) is 18.8 Å². The summed E-state index contributed by atoms with van der Waals surface area (Å²) in [5.74, 6) is 1.11. The predicted octanol–water partition coefficient (Wildman–Crippen LogP) is 1.47. The molecule has 0 bridgehead atoms. The lowest BCUT2D eigenvalue weighted by Gasteiger charge is -1.94. The zero-order valence-corrected chi connectivity index (χ0v) is 7.85. The van der Waals surface area contributed by atoms with Crippen LogP contribution in [0.2, 0.25) is 0 Å². The minimum Gasteiger partial charge on any atom is -0.345 e. The molecule has 3 nitrogen and oxygen atoms in total. The van der Waals surface area contributed by atoms with Crippen LogP contribution >= 0.6 is 0 Å². The molecule has 1 rings (SSSR count). The Morgan fingerprint density at radius 3 is 3.08 bits per heavy atom. The maximum absolute atomic E-state index is 4.28. The standard InChI is InChI=1S/C9H17N3/c1-3-4-5-9-11-7-8(12-9)6-10-2/h7,10H,3-6H2,1-2H3,(H,11,12). The summed E-state index contributed by atoms with van der Waals surface area (Å²) in [6.07, 6.45) is 5.41. The maximum Gasteiger partial charge on any atom is 0.106 e. The molecule has 68 valence electrons. The third kappa shape index (κ3) is 2.66. The quantitative estimate of drug-likeness (QED) is 0.697. The third-order valence-corrected chi connectivity index (χ3v) is 1.82. The molecule has 0 spiro atoms. The molecule has 12 heavy (non-hydrogen) atoms. The normalized spacial score (nSPS) is 10.5. The Balaban J connectivity index is 2.41. The van der Waals surface area contributed by atoms with E-state index in [4.69, 9.17) is 0 Å². The minimum absolute atomic E-state index is 0.874. The first kappa shape index (κ1) is 9.26. The Kier molecular flexibility index (Phi) is 3.80. The molecule has 1 aromatic heterocycles. The molecule has 1 aromatic rings. The van der Waals surface area contributed by atoms with Crippen LogP contribution in [0.4, 0.5) is 0 Å². The molecule has 0 aliphatic carbocycles. The van der Waals surface area contributed by atoms with Gasteiger partial charge in [-0.05, 0) is 13.5 Å². The summed E-state index contributed by atoms with van der Waals surface area (Å²) in [7, 11) is 1.94. The van der Waals surface area contributed by atoms with Crippen LogP contribution in [-0.2, 0) is 13.0 Å². The largest absolute Gasteiger partial charge is 0.345 e. The van der Waals surface area contributed by atoms with Crippen LogP contribution in [0.25, 0.3) is 0 Å². The molecule has 0 unspecified atom stereocenters. The van der Waals surface area contributed by atoms with Crippen LogP contribution in [0.15, 0.2) is 6.20 Å². The van der Waals surface area contributed by atoms with E-state index in [9.17, 15) is 0 Å². The number of unbranched alkanes of at least 4 members (excludes halogenated alkanes) is 1. The fraction of sp³-hybridized carbons (Fsp3) is 0.667. The van der Waals surface area contributed by atoms with Crippen molar-refractivity contribution in [2.24, 2.45) is 0 Å². The smallest absolute Gasteiger partial charge is 0.106 e. The van der Waals surface area contributed by atoms with Gasteiger partial charge in [0.15, 0.2) is 0 Å². The fourth-order valence-corrected chi connectivity index (χ4v) is 1.16. The zero-order chi connectivity index (χ0) is 8.81. The molecule has 0 saturated carbocycles. The van der Waals surface area contributed by atoms with Crippen molar-refractivity contribution in [1.29, 1.82) is 0 Å². The van der Waals surface area contributed by atoms with Gasteiger partial charge in [-0.2, -0.15) is 0 Å². The number of H-pyrrole nitrogens is 1. The average molecular weight is 167 g/mol. The highest BCUT2D eigenvalue weighted by Gasteiger charge is 1.97. The lowest BCUT2D eigenvalue weighted by molar-refractivity contribution is 0.751. The van der Waals surface area contributed by atoms with Gasteiger partial charge in [0.05, 0.1) is 0 Å². The van der Waals surface area contributed by atoms with E-state index in [0.29, 0.717) is 0 Å². The summed E-state index contributed by atoms with van der Waals surface area (Å²) < 4.78 is 0. The average Bonchev–Trinajstić information content (AvgIpc) is 2.50. The second-order valence-electron chi connectivity index (χ2n) is 2.99. The highest BCUT2D eigenvalue weighted by atomic mass is 14.9. The molecular formula is C9H17N3. The van der Waals surface area contributed by atoms with Gasteiger partial charge in [-0.25, -0.2) is 4.98 Å². The first-order chi connectivity index (χ1) is 5.86. The van der Waals surface area contributed by atoms with Gasteiger partial charge in [0, 0.05) is 24.9 Å². The Morgan fingerprint density at radius 1 is 1.58 bits per heavy atom. The lowest BCUT2D eigenvalue weighted by Crippen LogP contribution is -2.05. The molecule has 0 amide bonds. The van der Waals surface area contributed by atoms with Crippen LogP contribution in [0.5, 0.6) is 0 Å². The Hall–Kier alpha value is -0.830. The number of imidazole rings is 1. The molecule has 0 aliphatic rings. The number of hydrogen-bond acceptors (Lipinski definition) is 2. The van der Waals surface area contributed by atoms with E-state index in [1.165, 1.54) is 18.5 Å². The van der Waals surface area contributed by atoms with Gasteiger partial charge in [-0.15, -0.1) is 0 Å². The first-order valence-corrected chi connectivity index (χ1v) is 4.54. The molecular weight excluding hydrogens is 150 g/mol. The summed E-state index contributed by atoms with van der Waals surface area (Å²) >= 11 is 0. The number of rotatable bonds is 5. The highest BCUT2D eigenvalue weighted by Crippen LogP contribution is 2.01. The van der Waals surface area contributed by atoms with Crippen molar-refractivity contribution in [3.05, 3.63) is 17.7 Å². The van der Waals surface area contributed by atoms with E-state index in [-0.39, 0.29) is 0 Å². The number of aromatic amines is 1. The number of nitrogens with one attached hydrogen (secondary N) is 2. The van der Waals surface area contributed by atoms with E-state index < -0.39 is 0 Å². The van der Waals surface area contributed by atoms with E-state index >= 15 is 0 Å². The fourth-order valence-electron chi connectivity index (χ4n) is 1.16. The van der Waals surface area contributed by atoms with Crippen LogP contribution in [0.3, 0.4) is 0 Å². The van der Waals surface area contributed by atoms with Crippen molar-refractivity contribution >= 4 is 0 Å². The van der Waals surface area contributed by atoms with Crippen molar-refractivity contribution in [1.82, 2.24) is 15.3 Å². The monoisotopic (exact) mass is 167 g/mol. The maximum atomic E-state index is 4.28. The number of aryl methyl sites for hydroxylation is 1. The van der Waals surface area contributed by atoms with Gasteiger partial charge in [-0.1, -0.05) is 13.3 Å². The molecule has 0 fully saturated rings. The molecule has 0 saturated heterocycles. The third-order valence-electron chi connectivity index (χ3n) is 1.82. The van der Waals surface area contributed by atoms with Crippen molar-refractivity contribution < 1.29 is 0 Å². The van der Waals surface area contributed by atoms with Gasteiger partial charge in [0.25, 0.3) is 0 Å². The van der Waals surface area contributed by atoms with Crippen LogP contribution in [0, 0.1) is 0 Å². The number of nitrogens with zero attached hydrogens (tertiary/aromatic N) is 1. The number of aromatic nitrogens is 2. The zero-order valence-electron chi connectivity index (χ0n) is 7.85. The Labute approximate surface area is 73.6 Å². The van der Waals surface area contributed by atoms with Crippen molar-refractivity contribution in [3.63, 3.8) is 0 Å². The second kappa shape index (κ2) is 4.93. The summed E-state index contributed by atoms with van der Waals surface area (Å²) in [4.78, 5) is 7.55. The number of hydrogen-bond donors (Lipinski definition) is 2. The van der Waals surface area contributed by atoms with Crippen molar-refractivity contribution in [2.45, 2.75) is 32.7 Å². The summed E-state index contributed by atoms with van der Waals surface area (Å²) in [6, 6.07) is 0. The second-order valence-corrected chi connectivity index (χ2v) is 2.99. The molecule has 0 aliphatic heterocycles. The Morgan fingerprint density at radius 2 is 2.42 bits per heavy atom. The summed E-state index contributed by atoms with van der Waals surface area (Å²) in [5, 5.41) is 3.08. The van der Waals surface area contributed by atoms with Gasteiger partial charge in [0.1, 0.15) is 5.82 Å². The van der Waals surface area contributed by atoms with Crippen LogP contribution in [-0.4, -0.2) is 17.0 Å². The Bertz CT molecular complexity index is 217. The van der Waals surface area contributed by atoms with Gasteiger partial charge < -0.3 is 10.3 Å². The molecule has 0 aromatic carbocycles. The van der Waals surface area contributed by atoms with E-state index in [1.54, 1.807) is 0 Å². The SMILES string of the molecule is CCCCc1ncc(CNC)[nH]1. The molecule has 1 heterocycles. The predicted molar refractivity (Wildman–Crippen MR) is 50.0 cm³/mol. The van der Waals surface area contributed by atoms with E-state index in [2.05, 4.69) is 22.2 Å².